The van der Waals surface area contributed by atoms with E-state index < -0.39 is 10.1 Å². The van der Waals surface area contributed by atoms with Crippen molar-refractivity contribution >= 4 is 21.0 Å². The van der Waals surface area contributed by atoms with Gasteiger partial charge in [-0.15, -0.1) is 0 Å². The van der Waals surface area contributed by atoms with E-state index in [9.17, 15) is 8.42 Å². The van der Waals surface area contributed by atoms with Crippen molar-refractivity contribution < 1.29 is 13.0 Å². The van der Waals surface area contributed by atoms with E-state index in [0.29, 0.717) is 0 Å². The van der Waals surface area contributed by atoms with Gasteiger partial charge < -0.3 is 0 Å². The molecule has 0 aliphatic heterocycles. The zero-order valence-electron chi connectivity index (χ0n) is 16.5. The Hall–Kier alpha value is -2.86. The maximum atomic E-state index is 10.5. The monoisotopic (exact) mass is 435 g/mol. The minimum atomic E-state index is -4.02. The molecule has 0 atom stereocenters. The largest absolute Gasteiger partial charge is 0.294 e. The maximum Gasteiger partial charge on any atom is 0.294 e. The highest BCUT2D eigenvalue weighted by molar-refractivity contribution is 7.97. The Morgan fingerprint density at radius 1 is 0.567 bits per heavy atom. The molecule has 0 bridgehead atoms. The van der Waals surface area contributed by atoms with Crippen molar-refractivity contribution in [1.29, 1.82) is 0 Å². The summed E-state index contributed by atoms with van der Waals surface area (Å²) in [7, 11) is -4.03. The van der Waals surface area contributed by atoms with E-state index in [1.54, 1.807) is 12.1 Å². The van der Waals surface area contributed by atoms with E-state index in [0.717, 1.165) is 5.56 Å². The van der Waals surface area contributed by atoms with Crippen LogP contribution in [0, 0.1) is 6.92 Å². The molecule has 0 heterocycles. The Morgan fingerprint density at radius 3 is 1.20 bits per heavy atom. The van der Waals surface area contributed by atoms with Crippen molar-refractivity contribution in [3.63, 3.8) is 0 Å². The molecule has 0 aliphatic carbocycles. The van der Waals surface area contributed by atoms with Gasteiger partial charge in [-0.1, -0.05) is 72.3 Å². The lowest BCUT2D eigenvalue weighted by atomic mass is 10.2. The van der Waals surface area contributed by atoms with Crippen LogP contribution in [0.1, 0.15) is 5.56 Å². The van der Waals surface area contributed by atoms with Gasteiger partial charge in [-0.25, -0.2) is 0 Å². The third kappa shape index (κ3) is 6.07. The average molecular weight is 436 g/mol. The van der Waals surface area contributed by atoms with Gasteiger partial charge in [0.25, 0.3) is 10.1 Å². The first-order chi connectivity index (χ1) is 14.4. The van der Waals surface area contributed by atoms with E-state index in [1.165, 1.54) is 26.8 Å². The first-order valence-electron chi connectivity index (χ1n) is 9.39. The molecule has 0 amide bonds. The summed E-state index contributed by atoms with van der Waals surface area (Å²) in [5.74, 6) is 0. The summed E-state index contributed by atoms with van der Waals surface area (Å²) in [5, 5.41) is 0. The highest BCUT2D eigenvalue weighted by Crippen LogP contribution is 2.30. The maximum absolute atomic E-state index is 10.5. The molecule has 4 aromatic rings. The van der Waals surface area contributed by atoms with Crippen LogP contribution in [0.5, 0.6) is 0 Å². The molecule has 0 saturated heterocycles. The van der Waals surface area contributed by atoms with Crippen molar-refractivity contribution in [2.45, 2.75) is 26.5 Å². The van der Waals surface area contributed by atoms with Crippen molar-refractivity contribution in [3.8, 4) is 0 Å². The molecule has 3 nitrogen and oxygen atoms in total. The molecule has 4 aromatic carbocycles. The van der Waals surface area contributed by atoms with Crippen LogP contribution in [0.3, 0.4) is 0 Å². The van der Waals surface area contributed by atoms with Gasteiger partial charge in [0, 0.05) is 0 Å². The summed E-state index contributed by atoms with van der Waals surface area (Å²) in [4.78, 5) is 4.02. The van der Waals surface area contributed by atoms with Crippen LogP contribution in [0.15, 0.2) is 135 Å². The Morgan fingerprint density at radius 2 is 0.900 bits per heavy atom. The first-order valence-corrected chi connectivity index (χ1v) is 12.1. The lowest BCUT2D eigenvalue weighted by molar-refractivity contribution is 0.483. The molecule has 5 heteroatoms. The van der Waals surface area contributed by atoms with Crippen LogP contribution >= 0.6 is 0 Å². The molecule has 0 radical (unpaired) electrons. The Labute approximate surface area is 181 Å². The summed E-state index contributed by atoms with van der Waals surface area (Å²) in [5.41, 5.74) is 0.956. The van der Waals surface area contributed by atoms with Crippen LogP contribution < -0.4 is 0 Å². The molecule has 0 unspecified atom stereocenters. The minimum absolute atomic E-state index is 0.0146. The van der Waals surface area contributed by atoms with Crippen LogP contribution in [0.4, 0.5) is 0 Å². The lowest BCUT2D eigenvalue weighted by Crippen LogP contribution is -2.04. The summed E-state index contributed by atoms with van der Waals surface area (Å²) >= 11 is 0. The van der Waals surface area contributed by atoms with E-state index in [-0.39, 0.29) is 15.8 Å². The Bertz CT molecular complexity index is 1050. The standard InChI is InChI=1S/C18H15S.C7H8O3S/c1-4-10-16(11-5-1)19(17-12-6-2-7-13-17)18-14-8-3-9-15-18;1-6-2-4-7(5-3-6)11(8,9)10/h1-15H;2-5H,1H3,(H,8,9,10)/q+1;. The van der Waals surface area contributed by atoms with E-state index in [4.69, 9.17) is 4.55 Å². The average Bonchev–Trinajstić information content (AvgIpc) is 2.76. The lowest BCUT2D eigenvalue weighted by Gasteiger charge is -2.07. The van der Waals surface area contributed by atoms with Crippen molar-refractivity contribution in [2.24, 2.45) is 0 Å². The molecule has 0 fully saturated rings. The smallest absolute Gasteiger partial charge is 0.282 e. The van der Waals surface area contributed by atoms with Gasteiger partial charge in [-0.3, -0.25) is 4.55 Å². The molecule has 0 aliphatic rings. The molecule has 0 spiro atoms. The molecular formula is C25H23O3S2+. The number of aryl methyl sites for hydroxylation is 1. The third-order valence-corrected chi connectivity index (χ3v) is 7.35. The zero-order valence-corrected chi connectivity index (χ0v) is 18.2. The predicted molar refractivity (Wildman–Crippen MR) is 122 cm³/mol. The van der Waals surface area contributed by atoms with Gasteiger partial charge in [0.2, 0.25) is 0 Å². The zero-order chi connectivity index (χ0) is 21.4. The summed E-state index contributed by atoms with van der Waals surface area (Å²) in [6.45, 7) is 1.84. The molecule has 30 heavy (non-hydrogen) atoms. The topological polar surface area (TPSA) is 54.4 Å². The quantitative estimate of drug-likeness (QED) is 0.315. The molecule has 1 N–H and O–H groups in total. The second-order valence-corrected chi connectivity index (χ2v) is 9.98. The van der Waals surface area contributed by atoms with Crippen LogP contribution in [-0.2, 0) is 21.0 Å². The molecule has 0 aromatic heterocycles. The van der Waals surface area contributed by atoms with Gasteiger partial charge >= 0.3 is 0 Å². The van der Waals surface area contributed by atoms with Crippen LogP contribution in [-0.4, -0.2) is 13.0 Å². The van der Waals surface area contributed by atoms with Gasteiger partial charge in [-0.05, 0) is 55.5 Å². The number of hydrogen-bond donors (Lipinski definition) is 1. The van der Waals surface area contributed by atoms with Crippen molar-refractivity contribution in [1.82, 2.24) is 0 Å². The molecule has 0 saturated carbocycles. The van der Waals surface area contributed by atoms with Gasteiger partial charge in [-0.2, -0.15) is 8.42 Å². The number of benzene rings is 4. The van der Waals surface area contributed by atoms with Crippen molar-refractivity contribution in [2.75, 3.05) is 0 Å². The van der Waals surface area contributed by atoms with E-state index >= 15 is 0 Å². The highest BCUT2D eigenvalue weighted by atomic mass is 32.2. The summed E-state index contributed by atoms with van der Waals surface area (Å²) in [6, 6.07) is 38.1. The summed E-state index contributed by atoms with van der Waals surface area (Å²) < 4.78 is 29.6. The van der Waals surface area contributed by atoms with Crippen molar-refractivity contribution in [3.05, 3.63) is 121 Å². The number of rotatable bonds is 4. The van der Waals surface area contributed by atoms with Gasteiger partial charge in [0.05, 0.1) is 15.8 Å². The molecule has 152 valence electrons. The fourth-order valence-corrected chi connectivity index (χ4v) is 5.37. The Kier molecular flexibility index (Phi) is 7.46. The Balaban J connectivity index is 0.000000199. The van der Waals surface area contributed by atoms with Crippen LogP contribution in [0.2, 0.25) is 0 Å². The second kappa shape index (κ2) is 10.3. The molecule has 4 rings (SSSR count). The fourth-order valence-electron chi connectivity index (χ4n) is 2.79. The fraction of sp³-hybridized carbons (Fsp3) is 0.0400. The second-order valence-electron chi connectivity index (χ2n) is 6.53. The normalized spacial score (nSPS) is 10.9. The summed E-state index contributed by atoms with van der Waals surface area (Å²) in [6.07, 6.45) is 0. The third-order valence-electron chi connectivity index (χ3n) is 4.26. The SMILES string of the molecule is Cc1ccc(S(=O)(=O)O)cc1.c1ccc([S+](c2ccccc2)c2ccccc2)cc1. The first kappa shape index (κ1) is 21.8. The van der Waals surface area contributed by atoms with Gasteiger partial charge in [0.1, 0.15) is 0 Å². The van der Waals surface area contributed by atoms with E-state index in [1.807, 2.05) is 6.92 Å². The van der Waals surface area contributed by atoms with E-state index in [2.05, 4.69) is 91.0 Å². The number of hydrogen-bond acceptors (Lipinski definition) is 2. The minimum Gasteiger partial charge on any atom is -0.282 e. The highest BCUT2D eigenvalue weighted by Gasteiger charge is 2.27. The predicted octanol–water partition coefficient (Wildman–Crippen LogP) is 6.02. The molecular weight excluding hydrogens is 412 g/mol. The van der Waals surface area contributed by atoms with Crippen LogP contribution in [0.25, 0.3) is 0 Å². The van der Waals surface area contributed by atoms with Gasteiger partial charge in [0.15, 0.2) is 14.7 Å².